The molecule has 2 aromatic rings. The molecule has 0 aliphatic carbocycles. The van der Waals surface area contributed by atoms with Gasteiger partial charge in [-0.2, -0.15) is 0 Å². The number of guanidine groups is 1. The molecule has 0 spiro atoms. The van der Waals surface area contributed by atoms with Crippen molar-refractivity contribution in [2.45, 2.75) is 46.7 Å². The van der Waals surface area contributed by atoms with Crippen LogP contribution in [0.15, 0.2) is 53.5 Å². The normalized spacial score (nSPS) is 12.5. The quantitative estimate of drug-likeness (QED) is 0.413. The molecule has 0 aromatic heterocycles. The molecule has 6 heteroatoms. The molecule has 2 rings (SSSR count). The highest BCUT2D eigenvalue weighted by Gasteiger charge is 2.08. The Balaban J connectivity index is 2.01. The van der Waals surface area contributed by atoms with Gasteiger partial charge in [-0.1, -0.05) is 50.2 Å². The Labute approximate surface area is 179 Å². The van der Waals surface area contributed by atoms with E-state index in [4.69, 9.17) is 10.5 Å². The fourth-order valence-corrected chi connectivity index (χ4v) is 3.08. The third kappa shape index (κ3) is 8.15. The minimum absolute atomic E-state index is 0.126. The van der Waals surface area contributed by atoms with Crippen molar-refractivity contribution in [1.29, 1.82) is 0 Å². The maximum Gasteiger partial charge on any atom is 0.255 e. The van der Waals surface area contributed by atoms with E-state index in [1.807, 2.05) is 25.1 Å². The molecule has 4 N–H and O–H groups in total. The molecule has 0 heterocycles. The first-order valence-corrected chi connectivity index (χ1v) is 10.5. The summed E-state index contributed by atoms with van der Waals surface area (Å²) in [6.45, 7) is 9.76. The van der Waals surface area contributed by atoms with Gasteiger partial charge in [0.15, 0.2) is 12.6 Å². The fraction of sp³-hybridized carbons (Fsp3) is 0.417. The highest BCUT2D eigenvalue weighted by atomic mass is 16.5. The summed E-state index contributed by atoms with van der Waals surface area (Å²) in [4.78, 5) is 15.6. The fourth-order valence-electron chi connectivity index (χ4n) is 3.08. The maximum absolute atomic E-state index is 10.9. The molecule has 0 aliphatic rings. The van der Waals surface area contributed by atoms with Crippen LogP contribution < -0.4 is 21.1 Å². The van der Waals surface area contributed by atoms with Crippen LogP contribution >= 0.6 is 0 Å². The van der Waals surface area contributed by atoms with Crippen LogP contribution in [0.4, 0.5) is 0 Å². The predicted octanol–water partition coefficient (Wildman–Crippen LogP) is 3.57. The van der Waals surface area contributed by atoms with Gasteiger partial charge in [0, 0.05) is 6.54 Å². The van der Waals surface area contributed by atoms with Crippen LogP contribution in [0, 0.1) is 5.92 Å². The molecule has 6 nitrogen and oxygen atoms in total. The second-order valence-electron chi connectivity index (χ2n) is 7.80. The number of hydrogen-bond acceptors (Lipinski definition) is 3. The van der Waals surface area contributed by atoms with Crippen molar-refractivity contribution in [3.05, 3.63) is 65.2 Å². The molecule has 1 atom stereocenters. The van der Waals surface area contributed by atoms with E-state index in [1.54, 1.807) is 6.07 Å². The SMILES string of the molecule is CCNC(=NCc1cccc(OCC(N)=O)c1)NC(C)c1ccc(CC(C)C)cc1. The minimum Gasteiger partial charge on any atom is -0.484 e. The van der Waals surface area contributed by atoms with E-state index in [2.05, 4.69) is 60.7 Å². The molecule has 1 unspecified atom stereocenters. The van der Waals surface area contributed by atoms with Gasteiger partial charge in [-0.05, 0) is 55.0 Å². The Hall–Kier alpha value is -3.02. The number of rotatable bonds is 10. The number of carbonyl (C=O) groups excluding carboxylic acids is 1. The highest BCUT2D eigenvalue weighted by molar-refractivity contribution is 5.80. The van der Waals surface area contributed by atoms with Crippen molar-refractivity contribution in [3.63, 3.8) is 0 Å². The first-order chi connectivity index (χ1) is 14.4. The third-order valence-corrected chi connectivity index (χ3v) is 4.52. The summed E-state index contributed by atoms with van der Waals surface area (Å²) in [5.74, 6) is 1.51. The van der Waals surface area contributed by atoms with Crippen LogP contribution in [0.3, 0.4) is 0 Å². The number of nitrogens with two attached hydrogens (primary N) is 1. The average Bonchev–Trinajstić information content (AvgIpc) is 2.71. The van der Waals surface area contributed by atoms with Gasteiger partial charge in [-0.25, -0.2) is 4.99 Å². The van der Waals surface area contributed by atoms with Gasteiger partial charge in [-0.15, -0.1) is 0 Å². The van der Waals surface area contributed by atoms with Crippen LogP contribution in [0.2, 0.25) is 0 Å². The second-order valence-corrected chi connectivity index (χ2v) is 7.80. The molecule has 162 valence electrons. The molecule has 0 saturated heterocycles. The van der Waals surface area contributed by atoms with E-state index in [0.29, 0.717) is 18.2 Å². The van der Waals surface area contributed by atoms with Crippen molar-refractivity contribution in [2.75, 3.05) is 13.2 Å². The lowest BCUT2D eigenvalue weighted by Crippen LogP contribution is -2.38. The number of nitrogens with one attached hydrogen (secondary N) is 2. The topological polar surface area (TPSA) is 88.7 Å². The number of nitrogens with zero attached hydrogens (tertiary/aromatic N) is 1. The number of amides is 1. The van der Waals surface area contributed by atoms with Gasteiger partial charge in [0.25, 0.3) is 5.91 Å². The first-order valence-electron chi connectivity index (χ1n) is 10.5. The van der Waals surface area contributed by atoms with Gasteiger partial charge in [-0.3, -0.25) is 4.79 Å². The molecule has 0 aliphatic heterocycles. The first kappa shape index (κ1) is 23.3. The van der Waals surface area contributed by atoms with Gasteiger partial charge in [0.2, 0.25) is 0 Å². The standard InChI is InChI=1S/C24H34N4O2/c1-5-26-24(27-15-20-7-6-8-22(14-20)30-16-23(25)29)28-18(4)21-11-9-19(10-12-21)13-17(2)3/h6-12,14,17-18H,5,13,15-16H2,1-4H3,(H2,25,29)(H2,26,27,28). The molecule has 0 saturated carbocycles. The lowest BCUT2D eigenvalue weighted by Gasteiger charge is -2.19. The zero-order valence-corrected chi connectivity index (χ0v) is 18.4. The van der Waals surface area contributed by atoms with E-state index in [-0.39, 0.29) is 12.6 Å². The van der Waals surface area contributed by atoms with E-state index in [1.165, 1.54) is 11.1 Å². The maximum atomic E-state index is 10.9. The molecule has 0 radical (unpaired) electrons. The monoisotopic (exact) mass is 410 g/mol. The number of hydrogen-bond donors (Lipinski definition) is 3. The predicted molar refractivity (Wildman–Crippen MR) is 122 cm³/mol. The Bertz CT molecular complexity index is 831. The Morgan fingerprint density at radius 2 is 1.83 bits per heavy atom. The summed E-state index contributed by atoms with van der Waals surface area (Å²) in [7, 11) is 0. The number of ether oxygens (including phenoxy) is 1. The van der Waals surface area contributed by atoms with Gasteiger partial charge in [0.05, 0.1) is 12.6 Å². The van der Waals surface area contributed by atoms with E-state index in [0.717, 1.165) is 24.5 Å². The Morgan fingerprint density at radius 1 is 1.10 bits per heavy atom. The molecule has 2 aromatic carbocycles. The van der Waals surface area contributed by atoms with Crippen LogP contribution in [-0.4, -0.2) is 25.0 Å². The average molecular weight is 411 g/mol. The van der Waals surface area contributed by atoms with Crippen molar-refractivity contribution in [2.24, 2.45) is 16.6 Å². The molecule has 30 heavy (non-hydrogen) atoms. The number of aliphatic imine (C=N–C) groups is 1. The van der Waals surface area contributed by atoms with Crippen molar-refractivity contribution in [1.82, 2.24) is 10.6 Å². The second kappa shape index (κ2) is 11.9. The third-order valence-electron chi connectivity index (χ3n) is 4.52. The lowest BCUT2D eigenvalue weighted by atomic mass is 10.00. The van der Waals surface area contributed by atoms with Crippen LogP contribution in [-0.2, 0) is 17.8 Å². The summed E-state index contributed by atoms with van der Waals surface area (Å²) in [5.41, 5.74) is 8.70. The zero-order valence-electron chi connectivity index (χ0n) is 18.4. The summed E-state index contributed by atoms with van der Waals surface area (Å²) in [6, 6.07) is 16.4. The van der Waals surface area contributed by atoms with Crippen LogP contribution in [0.5, 0.6) is 5.75 Å². The van der Waals surface area contributed by atoms with Crippen LogP contribution in [0.25, 0.3) is 0 Å². The van der Waals surface area contributed by atoms with Gasteiger partial charge in [0.1, 0.15) is 5.75 Å². The number of primary amides is 1. The van der Waals surface area contributed by atoms with Crippen molar-refractivity contribution >= 4 is 11.9 Å². The van der Waals surface area contributed by atoms with Crippen LogP contribution in [0.1, 0.15) is 50.4 Å². The summed E-state index contributed by atoms with van der Waals surface area (Å²) in [6.07, 6.45) is 1.09. The molecular weight excluding hydrogens is 376 g/mol. The molecule has 0 fully saturated rings. The molecular formula is C24H34N4O2. The summed E-state index contributed by atoms with van der Waals surface area (Å²) < 4.78 is 5.36. The Morgan fingerprint density at radius 3 is 2.47 bits per heavy atom. The van der Waals surface area contributed by atoms with Gasteiger partial charge < -0.3 is 21.1 Å². The van der Waals surface area contributed by atoms with Gasteiger partial charge >= 0.3 is 0 Å². The smallest absolute Gasteiger partial charge is 0.255 e. The Kier molecular flexibility index (Phi) is 9.19. The van der Waals surface area contributed by atoms with Crippen molar-refractivity contribution in [3.8, 4) is 5.75 Å². The summed E-state index contributed by atoms with van der Waals surface area (Å²) >= 11 is 0. The highest BCUT2D eigenvalue weighted by Crippen LogP contribution is 2.16. The van der Waals surface area contributed by atoms with E-state index < -0.39 is 5.91 Å². The summed E-state index contributed by atoms with van der Waals surface area (Å²) in [5, 5.41) is 6.76. The van der Waals surface area contributed by atoms with E-state index in [9.17, 15) is 4.79 Å². The molecule has 0 bridgehead atoms. The minimum atomic E-state index is -0.497. The van der Waals surface area contributed by atoms with Crippen molar-refractivity contribution < 1.29 is 9.53 Å². The lowest BCUT2D eigenvalue weighted by molar-refractivity contribution is -0.119. The van der Waals surface area contributed by atoms with E-state index >= 15 is 0 Å². The molecule has 1 amide bonds. The zero-order chi connectivity index (χ0) is 21.9. The number of carbonyl (C=O) groups is 1. The largest absolute Gasteiger partial charge is 0.484 e. The number of benzene rings is 2.